The van der Waals surface area contributed by atoms with Gasteiger partial charge in [0.25, 0.3) is 0 Å². The predicted molar refractivity (Wildman–Crippen MR) is 111 cm³/mol. The maximum Gasteiger partial charge on any atom is 0.153 e. The third-order valence-electron chi connectivity index (χ3n) is 5.09. The number of piperidine rings is 1. The van der Waals surface area contributed by atoms with Gasteiger partial charge in [-0.1, -0.05) is 48.4 Å². The maximum absolute atomic E-state index is 4.35. The fourth-order valence-corrected chi connectivity index (χ4v) is 3.49. The summed E-state index contributed by atoms with van der Waals surface area (Å²) in [4.78, 5) is 2.54. The largest absolute Gasteiger partial charge is 0.339 e. The first kappa shape index (κ1) is 17.7. The quantitative estimate of drug-likeness (QED) is 0.682. The Labute approximate surface area is 161 Å². The van der Waals surface area contributed by atoms with Crippen LogP contribution in [0.3, 0.4) is 0 Å². The second-order valence-electron chi connectivity index (χ2n) is 7.33. The summed E-state index contributed by atoms with van der Waals surface area (Å²) in [7, 11) is 0. The van der Waals surface area contributed by atoms with Crippen LogP contribution in [0.5, 0.6) is 0 Å². The molecule has 0 saturated carbocycles. The summed E-state index contributed by atoms with van der Waals surface area (Å²) in [6.07, 6.45) is 4.04. The number of likely N-dealkylation sites (tertiary alicyclic amines) is 1. The number of aromatic nitrogens is 2. The lowest BCUT2D eigenvalue weighted by Crippen LogP contribution is -2.29. The number of nitrogens with one attached hydrogen (secondary N) is 1. The van der Waals surface area contributed by atoms with Crippen LogP contribution in [0.1, 0.15) is 30.4 Å². The Bertz CT molecular complexity index is 848. The molecule has 3 aromatic rings. The summed E-state index contributed by atoms with van der Waals surface area (Å²) in [5.41, 5.74) is 5.62. The van der Waals surface area contributed by atoms with E-state index in [1.54, 1.807) is 0 Å². The number of aryl methyl sites for hydroxylation is 1. The lowest BCUT2D eigenvalue weighted by molar-refractivity contribution is 0.221. The normalized spacial score (nSPS) is 14.9. The summed E-state index contributed by atoms with van der Waals surface area (Å²) >= 11 is 0. The van der Waals surface area contributed by atoms with Crippen molar-refractivity contribution in [2.24, 2.45) is 0 Å². The van der Waals surface area contributed by atoms with Crippen LogP contribution in [0.25, 0.3) is 11.3 Å². The molecule has 27 heavy (non-hydrogen) atoms. The van der Waals surface area contributed by atoms with Crippen LogP contribution in [0, 0.1) is 6.92 Å². The highest BCUT2D eigenvalue weighted by Gasteiger charge is 2.10. The van der Waals surface area contributed by atoms with Crippen molar-refractivity contribution in [1.82, 2.24) is 15.1 Å². The van der Waals surface area contributed by atoms with E-state index in [0.717, 1.165) is 29.3 Å². The fourth-order valence-electron chi connectivity index (χ4n) is 3.49. The first-order valence-electron chi connectivity index (χ1n) is 9.75. The van der Waals surface area contributed by atoms with Crippen LogP contribution in [0.2, 0.25) is 0 Å². The highest BCUT2D eigenvalue weighted by molar-refractivity contribution is 5.62. The van der Waals surface area contributed by atoms with E-state index < -0.39 is 0 Å². The molecule has 0 spiro atoms. The summed E-state index contributed by atoms with van der Waals surface area (Å²) in [6, 6.07) is 21.0. The molecule has 1 N–H and O–H groups in total. The van der Waals surface area contributed by atoms with E-state index in [1.807, 2.05) is 12.1 Å². The second-order valence-corrected chi connectivity index (χ2v) is 7.33. The summed E-state index contributed by atoms with van der Waals surface area (Å²) in [5.74, 6) is 0.759. The molecular formula is C23H26N4. The number of nitrogens with zero attached hydrogens (tertiary/aromatic N) is 3. The molecule has 0 amide bonds. The van der Waals surface area contributed by atoms with E-state index in [4.69, 9.17) is 0 Å². The van der Waals surface area contributed by atoms with Gasteiger partial charge in [0, 0.05) is 17.8 Å². The van der Waals surface area contributed by atoms with Crippen molar-refractivity contribution in [3.63, 3.8) is 0 Å². The molecular weight excluding hydrogens is 332 g/mol. The Kier molecular flexibility index (Phi) is 5.45. The molecule has 2 heterocycles. The van der Waals surface area contributed by atoms with Crippen LogP contribution >= 0.6 is 0 Å². The van der Waals surface area contributed by atoms with E-state index in [9.17, 15) is 0 Å². The highest BCUT2D eigenvalue weighted by Crippen LogP contribution is 2.20. The molecule has 0 aliphatic carbocycles. The molecule has 1 aliphatic heterocycles. The number of anilines is 2. The Morgan fingerprint density at radius 2 is 1.56 bits per heavy atom. The molecule has 4 rings (SSSR count). The van der Waals surface area contributed by atoms with E-state index in [0.29, 0.717) is 0 Å². The number of benzene rings is 2. The lowest BCUT2D eigenvalue weighted by atomic mass is 10.1. The number of hydrogen-bond donors (Lipinski definition) is 1. The first-order valence-corrected chi connectivity index (χ1v) is 9.75. The van der Waals surface area contributed by atoms with Gasteiger partial charge in [-0.15, -0.1) is 10.2 Å². The van der Waals surface area contributed by atoms with Crippen molar-refractivity contribution in [3.05, 3.63) is 71.8 Å². The zero-order chi connectivity index (χ0) is 18.5. The van der Waals surface area contributed by atoms with Gasteiger partial charge in [0.1, 0.15) is 0 Å². The van der Waals surface area contributed by atoms with Crippen molar-refractivity contribution < 1.29 is 0 Å². The average molecular weight is 358 g/mol. The zero-order valence-electron chi connectivity index (χ0n) is 15.9. The van der Waals surface area contributed by atoms with E-state index in [2.05, 4.69) is 75.9 Å². The third-order valence-corrected chi connectivity index (χ3v) is 5.09. The smallest absolute Gasteiger partial charge is 0.153 e. The number of hydrogen-bond acceptors (Lipinski definition) is 4. The average Bonchev–Trinajstić information content (AvgIpc) is 2.72. The molecule has 0 atom stereocenters. The van der Waals surface area contributed by atoms with Gasteiger partial charge in [0.2, 0.25) is 0 Å². The Morgan fingerprint density at radius 3 is 2.22 bits per heavy atom. The molecule has 2 aromatic carbocycles. The predicted octanol–water partition coefficient (Wildman–Crippen LogP) is 5.18. The van der Waals surface area contributed by atoms with Gasteiger partial charge in [-0.05, 0) is 62.7 Å². The van der Waals surface area contributed by atoms with Gasteiger partial charge < -0.3 is 5.32 Å². The van der Waals surface area contributed by atoms with Gasteiger partial charge in [0.15, 0.2) is 5.82 Å². The van der Waals surface area contributed by atoms with Crippen LogP contribution in [0.15, 0.2) is 60.7 Å². The minimum atomic E-state index is 0.759. The summed E-state index contributed by atoms with van der Waals surface area (Å²) in [5, 5.41) is 12.0. The second kappa shape index (κ2) is 8.31. The van der Waals surface area contributed by atoms with Crippen LogP contribution < -0.4 is 5.32 Å². The maximum atomic E-state index is 4.35. The molecule has 0 radical (unpaired) electrons. The van der Waals surface area contributed by atoms with Crippen molar-refractivity contribution in [2.45, 2.75) is 32.7 Å². The van der Waals surface area contributed by atoms with E-state index in [1.165, 1.54) is 43.5 Å². The van der Waals surface area contributed by atoms with Gasteiger partial charge in [-0.3, -0.25) is 4.90 Å². The number of rotatable bonds is 5. The van der Waals surface area contributed by atoms with Crippen LogP contribution in [0.4, 0.5) is 11.5 Å². The van der Waals surface area contributed by atoms with Gasteiger partial charge in [-0.2, -0.15) is 0 Å². The molecule has 1 aromatic heterocycles. The van der Waals surface area contributed by atoms with E-state index in [-0.39, 0.29) is 0 Å². The van der Waals surface area contributed by atoms with Crippen molar-refractivity contribution in [1.29, 1.82) is 0 Å². The van der Waals surface area contributed by atoms with Crippen molar-refractivity contribution in [3.8, 4) is 11.3 Å². The van der Waals surface area contributed by atoms with Gasteiger partial charge >= 0.3 is 0 Å². The first-order chi connectivity index (χ1) is 13.3. The molecule has 1 fully saturated rings. The molecule has 4 heteroatoms. The highest BCUT2D eigenvalue weighted by atomic mass is 15.2. The monoisotopic (exact) mass is 358 g/mol. The Balaban J connectivity index is 1.37. The third kappa shape index (κ3) is 4.72. The molecule has 138 valence electrons. The molecule has 0 unspecified atom stereocenters. The fraction of sp³-hybridized carbons (Fsp3) is 0.304. The Morgan fingerprint density at radius 1 is 0.815 bits per heavy atom. The topological polar surface area (TPSA) is 41.0 Å². The molecule has 4 nitrogen and oxygen atoms in total. The summed E-state index contributed by atoms with van der Waals surface area (Å²) in [6.45, 7) is 5.58. The van der Waals surface area contributed by atoms with Crippen LogP contribution in [-0.2, 0) is 6.54 Å². The van der Waals surface area contributed by atoms with Crippen molar-refractivity contribution in [2.75, 3.05) is 18.4 Å². The summed E-state index contributed by atoms with van der Waals surface area (Å²) < 4.78 is 0. The Hall–Kier alpha value is -2.72. The minimum Gasteiger partial charge on any atom is -0.339 e. The molecule has 0 bridgehead atoms. The molecule has 1 saturated heterocycles. The minimum absolute atomic E-state index is 0.759. The zero-order valence-corrected chi connectivity index (χ0v) is 15.9. The van der Waals surface area contributed by atoms with E-state index >= 15 is 0 Å². The SMILES string of the molecule is Cc1ccc(-c2ccc(Nc3ccc(CN4CCCCC4)cc3)nn2)cc1. The van der Waals surface area contributed by atoms with Gasteiger partial charge in [-0.25, -0.2) is 0 Å². The lowest BCUT2D eigenvalue weighted by Gasteiger charge is -2.26. The van der Waals surface area contributed by atoms with Crippen molar-refractivity contribution >= 4 is 11.5 Å². The van der Waals surface area contributed by atoms with Crippen LogP contribution in [-0.4, -0.2) is 28.2 Å². The standard InChI is InChI=1S/C23H26N4/c1-18-5-9-20(10-6-18)22-13-14-23(26-25-22)24-21-11-7-19(8-12-21)17-27-15-3-2-4-16-27/h5-14H,2-4,15-17H2,1H3,(H,24,26). The molecule has 1 aliphatic rings. The van der Waals surface area contributed by atoms with Gasteiger partial charge in [0.05, 0.1) is 5.69 Å².